The summed E-state index contributed by atoms with van der Waals surface area (Å²) in [6.45, 7) is 9.31. The molecule has 1 aliphatic rings. The molecule has 3 atom stereocenters. The van der Waals surface area contributed by atoms with Crippen LogP contribution in [-0.2, 0) is 17.8 Å². The van der Waals surface area contributed by atoms with Gasteiger partial charge in [-0.15, -0.1) is 4.72 Å². The molecule has 0 saturated heterocycles. The van der Waals surface area contributed by atoms with Gasteiger partial charge < -0.3 is 9.29 Å². The lowest BCUT2D eigenvalue weighted by Gasteiger charge is -2.27. The summed E-state index contributed by atoms with van der Waals surface area (Å²) >= 11 is -1.27. The highest BCUT2D eigenvalue weighted by molar-refractivity contribution is 7.90. The van der Waals surface area contributed by atoms with Crippen LogP contribution in [0.3, 0.4) is 0 Å². The highest BCUT2D eigenvalue weighted by Gasteiger charge is 2.38. The van der Waals surface area contributed by atoms with Crippen molar-refractivity contribution < 1.29 is 13.7 Å². The van der Waals surface area contributed by atoms with Crippen molar-refractivity contribution in [2.45, 2.75) is 63.9 Å². The Hall–Kier alpha value is -1.29. The Kier molecular flexibility index (Phi) is 4.95. The summed E-state index contributed by atoms with van der Waals surface area (Å²) < 4.78 is 34.8. The van der Waals surface area contributed by atoms with Crippen LogP contribution in [0, 0.1) is 17.1 Å². The summed E-state index contributed by atoms with van der Waals surface area (Å²) in [5, 5.41) is 8.96. The third-order valence-corrected chi connectivity index (χ3v) is 5.51. The van der Waals surface area contributed by atoms with Crippen molar-refractivity contribution in [1.82, 2.24) is 4.72 Å². The molecular formula is C17H23FN2O2S. The van der Waals surface area contributed by atoms with Crippen LogP contribution in [0.4, 0.5) is 4.39 Å². The quantitative estimate of drug-likeness (QED) is 0.853. The van der Waals surface area contributed by atoms with Gasteiger partial charge in [0.2, 0.25) is 0 Å². The summed E-state index contributed by atoms with van der Waals surface area (Å²) in [5.41, 5.74) is 0.759. The maximum absolute atomic E-state index is 14.0. The fourth-order valence-electron chi connectivity index (χ4n) is 2.60. The molecule has 0 radical (unpaired) electrons. The van der Waals surface area contributed by atoms with Crippen LogP contribution in [0.15, 0.2) is 12.1 Å². The Balaban J connectivity index is 2.31. The smallest absolute Gasteiger partial charge is 0.136 e. The lowest BCUT2D eigenvalue weighted by atomic mass is 9.95. The monoisotopic (exact) mass is 338 g/mol. The number of nitrogens with one attached hydrogen (secondary N) is 1. The molecule has 1 heterocycles. The Bertz CT molecular complexity index is 639. The number of rotatable bonds is 4. The average Bonchev–Trinajstić information content (AvgIpc) is 2.72. The highest BCUT2D eigenvalue weighted by atomic mass is 32.2. The minimum Gasteiger partial charge on any atom is -0.598 e. The molecule has 1 aromatic carbocycles. The zero-order chi connectivity index (χ0) is 17.4. The van der Waals surface area contributed by atoms with E-state index in [9.17, 15) is 8.94 Å². The molecule has 6 heteroatoms. The molecule has 1 N–H and O–H groups in total. The van der Waals surface area contributed by atoms with Gasteiger partial charge in [0.15, 0.2) is 0 Å². The zero-order valence-corrected chi connectivity index (χ0v) is 15.0. The SMILES string of the molecule is CC(N[S@+]([O-])C(C)(C)C)c1cc(F)cc2c1O[C@@](C)(CC#N)C2. The number of nitriles is 1. The van der Waals surface area contributed by atoms with Crippen molar-refractivity contribution in [3.63, 3.8) is 0 Å². The van der Waals surface area contributed by atoms with E-state index in [0.717, 1.165) is 5.56 Å². The van der Waals surface area contributed by atoms with Gasteiger partial charge in [0.1, 0.15) is 21.9 Å². The number of hydrogen-bond acceptors (Lipinski definition) is 4. The van der Waals surface area contributed by atoms with E-state index in [1.807, 2.05) is 34.6 Å². The van der Waals surface area contributed by atoms with E-state index in [-0.39, 0.29) is 18.3 Å². The third-order valence-electron chi connectivity index (χ3n) is 3.83. The van der Waals surface area contributed by atoms with Crippen LogP contribution < -0.4 is 9.46 Å². The molecule has 23 heavy (non-hydrogen) atoms. The Morgan fingerprint density at radius 3 is 2.74 bits per heavy atom. The fourth-order valence-corrected chi connectivity index (χ4v) is 3.40. The highest BCUT2D eigenvalue weighted by Crippen LogP contribution is 2.42. The largest absolute Gasteiger partial charge is 0.598 e. The van der Waals surface area contributed by atoms with Crippen molar-refractivity contribution in [2.75, 3.05) is 0 Å². The Labute approximate surface area is 140 Å². The van der Waals surface area contributed by atoms with E-state index in [0.29, 0.717) is 17.7 Å². The van der Waals surface area contributed by atoms with Crippen LogP contribution in [-0.4, -0.2) is 14.9 Å². The van der Waals surface area contributed by atoms with Crippen LogP contribution in [0.5, 0.6) is 5.75 Å². The van der Waals surface area contributed by atoms with Crippen molar-refractivity contribution >= 4 is 11.4 Å². The first-order chi connectivity index (χ1) is 10.6. The molecule has 0 bridgehead atoms. The summed E-state index contributed by atoms with van der Waals surface area (Å²) in [6.07, 6.45) is 0.730. The predicted octanol–water partition coefficient (Wildman–Crippen LogP) is 3.55. The second-order valence-corrected chi connectivity index (χ2v) is 9.27. The number of ether oxygens (including phenoxy) is 1. The standard InChI is InChI=1S/C17H23FN2O2S/c1-11(20-23(21)16(2,3)4)14-9-13(18)8-12-10-17(5,6-7-19)22-15(12)14/h8-9,11,20H,6,10H2,1-5H3/t11?,17-,23+/m0/s1. The molecule has 1 aromatic rings. The van der Waals surface area contributed by atoms with Gasteiger partial charge >= 0.3 is 0 Å². The molecule has 0 fully saturated rings. The zero-order valence-electron chi connectivity index (χ0n) is 14.2. The predicted molar refractivity (Wildman–Crippen MR) is 88.8 cm³/mol. The van der Waals surface area contributed by atoms with Gasteiger partial charge in [0, 0.05) is 28.9 Å². The van der Waals surface area contributed by atoms with E-state index >= 15 is 0 Å². The van der Waals surface area contributed by atoms with Crippen LogP contribution >= 0.6 is 0 Å². The molecular weight excluding hydrogens is 315 g/mol. The lowest BCUT2D eigenvalue weighted by Crippen LogP contribution is -2.40. The Morgan fingerprint density at radius 2 is 2.17 bits per heavy atom. The number of benzene rings is 1. The van der Waals surface area contributed by atoms with E-state index in [2.05, 4.69) is 10.8 Å². The Morgan fingerprint density at radius 1 is 1.52 bits per heavy atom. The first kappa shape index (κ1) is 18.1. The summed E-state index contributed by atoms with van der Waals surface area (Å²) in [4.78, 5) is 0. The van der Waals surface area contributed by atoms with Gasteiger partial charge in [-0.25, -0.2) is 4.39 Å². The maximum Gasteiger partial charge on any atom is 0.136 e. The molecule has 0 saturated carbocycles. The normalized spacial score (nSPS) is 22.9. The van der Waals surface area contributed by atoms with Crippen molar-refractivity contribution in [1.29, 1.82) is 5.26 Å². The first-order valence-corrected chi connectivity index (χ1v) is 8.77. The third kappa shape index (κ3) is 3.97. The fraction of sp³-hybridized carbons (Fsp3) is 0.588. The molecule has 1 unspecified atom stereocenters. The number of nitrogens with zero attached hydrogens (tertiary/aromatic N) is 1. The van der Waals surface area contributed by atoms with Crippen LogP contribution in [0.25, 0.3) is 0 Å². The molecule has 0 amide bonds. The van der Waals surface area contributed by atoms with Crippen LogP contribution in [0.1, 0.15) is 58.2 Å². The minimum atomic E-state index is -1.27. The lowest BCUT2D eigenvalue weighted by molar-refractivity contribution is 0.120. The number of fused-ring (bicyclic) bond motifs is 1. The molecule has 4 nitrogen and oxygen atoms in total. The minimum absolute atomic E-state index is 0.235. The van der Waals surface area contributed by atoms with E-state index < -0.39 is 21.7 Å². The molecule has 0 aliphatic carbocycles. The molecule has 126 valence electrons. The van der Waals surface area contributed by atoms with Gasteiger partial charge in [0.25, 0.3) is 0 Å². The molecule has 1 aliphatic heterocycles. The summed E-state index contributed by atoms with van der Waals surface area (Å²) in [7, 11) is 0. The van der Waals surface area contributed by atoms with E-state index in [4.69, 9.17) is 10.00 Å². The number of halogens is 1. The second-order valence-electron chi connectivity index (χ2n) is 7.27. The molecule has 0 spiro atoms. The van der Waals surface area contributed by atoms with Crippen molar-refractivity contribution in [3.05, 3.63) is 29.1 Å². The number of hydrogen-bond donors (Lipinski definition) is 1. The van der Waals surface area contributed by atoms with Gasteiger partial charge in [-0.05, 0) is 46.8 Å². The summed E-state index contributed by atoms with van der Waals surface area (Å²) in [5.74, 6) is 0.258. The van der Waals surface area contributed by atoms with Crippen LogP contribution in [0.2, 0.25) is 0 Å². The summed E-state index contributed by atoms with van der Waals surface area (Å²) in [6, 6.07) is 4.65. The maximum atomic E-state index is 14.0. The van der Waals surface area contributed by atoms with Gasteiger partial charge in [-0.2, -0.15) is 5.26 Å². The van der Waals surface area contributed by atoms with Gasteiger partial charge in [0.05, 0.1) is 18.5 Å². The molecule has 2 rings (SSSR count). The second kappa shape index (κ2) is 6.31. The van der Waals surface area contributed by atoms with Gasteiger partial charge in [-0.1, -0.05) is 0 Å². The van der Waals surface area contributed by atoms with Gasteiger partial charge in [-0.3, -0.25) is 0 Å². The first-order valence-electron chi connectivity index (χ1n) is 7.62. The van der Waals surface area contributed by atoms with E-state index in [1.165, 1.54) is 12.1 Å². The topological polar surface area (TPSA) is 68.1 Å². The average molecular weight is 338 g/mol. The molecule has 0 aromatic heterocycles. The van der Waals surface area contributed by atoms with Crippen molar-refractivity contribution in [3.8, 4) is 11.8 Å². The van der Waals surface area contributed by atoms with Crippen molar-refractivity contribution in [2.24, 2.45) is 0 Å². The van der Waals surface area contributed by atoms with E-state index in [1.54, 1.807) is 0 Å².